The van der Waals surface area contributed by atoms with Gasteiger partial charge >= 0.3 is 0 Å². The number of aryl methyl sites for hydroxylation is 1. The number of nitrogens with zero attached hydrogens (tertiary/aromatic N) is 1. The Morgan fingerprint density at radius 1 is 1.48 bits per heavy atom. The van der Waals surface area contributed by atoms with Crippen molar-refractivity contribution in [3.8, 4) is 0 Å². The summed E-state index contributed by atoms with van der Waals surface area (Å²) in [7, 11) is -4.02. The van der Waals surface area contributed by atoms with Gasteiger partial charge in [0.05, 0.1) is 11.6 Å². The first-order chi connectivity index (χ1) is 9.83. The summed E-state index contributed by atoms with van der Waals surface area (Å²) in [5.74, 6) is -0.950. The second kappa shape index (κ2) is 6.49. The van der Waals surface area contributed by atoms with Gasteiger partial charge < -0.3 is 5.11 Å². The highest BCUT2D eigenvalue weighted by Gasteiger charge is 2.22. The molecule has 2 aromatic rings. The Morgan fingerprint density at radius 2 is 2.19 bits per heavy atom. The van der Waals surface area contributed by atoms with Crippen LogP contribution in [0.1, 0.15) is 15.4 Å². The molecule has 0 unspecified atom stereocenters. The summed E-state index contributed by atoms with van der Waals surface area (Å²) in [6.45, 7) is 1.26. The van der Waals surface area contributed by atoms with Crippen molar-refractivity contribution in [2.75, 3.05) is 0 Å². The number of aliphatic hydroxyl groups is 1. The zero-order valence-corrected chi connectivity index (χ0v) is 14.1. The van der Waals surface area contributed by atoms with Crippen molar-refractivity contribution in [2.24, 2.45) is 0 Å². The van der Waals surface area contributed by atoms with Gasteiger partial charge in [-0.15, -0.1) is 11.3 Å². The third-order valence-corrected chi connectivity index (χ3v) is 5.42. The maximum Gasteiger partial charge on any atom is 0.243 e. The quantitative estimate of drug-likeness (QED) is 0.815. The number of benzene rings is 1. The third kappa shape index (κ3) is 3.86. The monoisotopic (exact) mass is 394 g/mol. The largest absolute Gasteiger partial charge is 0.392 e. The van der Waals surface area contributed by atoms with Crippen LogP contribution in [0.2, 0.25) is 0 Å². The maximum absolute atomic E-state index is 14.1. The van der Waals surface area contributed by atoms with Crippen LogP contribution >= 0.6 is 27.3 Å². The molecule has 21 heavy (non-hydrogen) atoms. The Labute approximate surface area is 134 Å². The van der Waals surface area contributed by atoms with Gasteiger partial charge in [0.15, 0.2) is 0 Å². The number of halogens is 2. The molecule has 0 radical (unpaired) electrons. The summed E-state index contributed by atoms with van der Waals surface area (Å²) in [4.78, 5) is 4.25. The van der Waals surface area contributed by atoms with Gasteiger partial charge in [-0.25, -0.2) is 22.5 Å². The summed E-state index contributed by atoms with van der Waals surface area (Å²) in [6, 6.07) is 2.50. The predicted molar refractivity (Wildman–Crippen MR) is 80.9 cm³/mol. The van der Waals surface area contributed by atoms with E-state index in [0.29, 0.717) is 4.47 Å². The first-order valence-electron chi connectivity index (χ1n) is 5.83. The summed E-state index contributed by atoms with van der Waals surface area (Å²) in [5.41, 5.74) is -0.0848. The number of nitrogens with one attached hydrogen (secondary N) is 1. The average molecular weight is 395 g/mol. The summed E-state index contributed by atoms with van der Waals surface area (Å²) < 4.78 is 41.1. The van der Waals surface area contributed by atoms with E-state index < -0.39 is 27.3 Å². The minimum atomic E-state index is -4.02. The number of aliphatic hydroxyl groups excluding tert-OH is 1. The van der Waals surface area contributed by atoms with Gasteiger partial charge in [-0.2, -0.15) is 0 Å². The third-order valence-electron chi connectivity index (χ3n) is 2.64. The Morgan fingerprint density at radius 3 is 2.76 bits per heavy atom. The highest BCUT2D eigenvalue weighted by atomic mass is 79.9. The van der Waals surface area contributed by atoms with Gasteiger partial charge in [0.1, 0.15) is 10.7 Å². The Hall–Kier alpha value is -0.870. The lowest BCUT2D eigenvalue weighted by atomic mass is 10.2. The van der Waals surface area contributed by atoms with Crippen LogP contribution in [0.3, 0.4) is 0 Å². The minimum Gasteiger partial charge on any atom is -0.392 e. The van der Waals surface area contributed by atoms with Gasteiger partial charge in [0.2, 0.25) is 10.0 Å². The Balaban J connectivity index is 2.29. The number of sulfonamides is 1. The van der Waals surface area contributed by atoms with E-state index in [1.54, 1.807) is 6.20 Å². The van der Waals surface area contributed by atoms with Gasteiger partial charge in [-0.05, 0) is 19.1 Å². The van der Waals surface area contributed by atoms with Crippen LogP contribution in [0, 0.1) is 12.7 Å². The van der Waals surface area contributed by atoms with Crippen molar-refractivity contribution in [1.29, 1.82) is 0 Å². The first-order valence-corrected chi connectivity index (χ1v) is 8.92. The van der Waals surface area contributed by atoms with E-state index in [-0.39, 0.29) is 12.1 Å². The molecular formula is C12H12BrFN2O3S2. The van der Waals surface area contributed by atoms with E-state index in [9.17, 15) is 12.8 Å². The standard InChI is InChI=1S/C12H12BrFN2O3S2/c1-7-15-4-10(20-7)5-16-21(18,19)11-3-9(13)2-8(6-17)12(11)14/h2-4,16-17H,5-6H2,1H3. The van der Waals surface area contributed by atoms with Gasteiger partial charge in [-0.3, -0.25) is 0 Å². The molecule has 5 nitrogen and oxygen atoms in total. The maximum atomic E-state index is 14.1. The van der Waals surface area contributed by atoms with Crippen molar-refractivity contribution < 1.29 is 17.9 Å². The average Bonchev–Trinajstić information content (AvgIpc) is 2.84. The number of aromatic nitrogens is 1. The summed E-state index contributed by atoms with van der Waals surface area (Å²) in [5, 5.41) is 9.88. The Bertz CT molecular complexity index is 762. The van der Waals surface area contributed by atoms with E-state index in [1.807, 2.05) is 6.92 Å². The molecule has 0 spiro atoms. The van der Waals surface area contributed by atoms with Crippen LogP contribution in [0.25, 0.3) is 0 Å². The van der Waals surface area contributed by atoms with E-state index in [0.717, 1.165) is 16.0 Å². The van der Waals surface area contributed by atoms with Gasteiger partial charge in [0, 0.05) is 27.7 Å². The number of hydrogen-bond acceptors (Lipinski definition) is 5. The number of rotatable bonds is 5. The molecule has 0 aliphatic heterocycles. The molecular weight excluding hydrogens is 383 g/mol. The molecule has 9 heteroatoms. The minimum absolute atomic E-state index is 0.0360. The van der Waals surface area contributed by atoms with Crippen LogP contribution < -0.4 is 4.72 Å². The lowest BCUT2D eigenvalue weighted by Crippen LogP contribution is -2.24. The van der Waals surface area contributed by atoms with E-state index in [4.69, 9.17) is 5.11 Å². The van der Waals surface area contributed by atoms with Crippen molar-refractivity contribution in [1.82, 2.24) is 9.71 Å². The zero-order valence-electron chi connectivity index (χ0n) is 10.9. The molecule has 0 amide bonds. The zero-order chi connectivity index (χ0) is 15.6. The first kappa shape index (κ1) is 16.5. The topological polar surface area (TPSA) is 79.3 Å². The van der Waals surface area contributed by atoms with Crippen molar-refractivity contribution in [2.45, 2.75) is 25.0 Å². The molecule has 114 valence electrons. The van der Waals surface area contributed by atoms with Crippen molar-refractivity contribution in [3.05, 3.63) is 44.1 Å². The summed E-state index contributed by atoms with van der Waals surface area (Å²) in [6.07, 6.45) is 1.57. The SMILES string of the molecule is Cc1ncc(CNS(=O)(=O)c2cc(Br)cc(CO)c2F)s1. The van der Waals surface area contributed by atoms with Crippen LogP contribution in [-0.4, -0.2) is 18.5 Å². The van der Waals surface area contributed by atoms with Crippen molar-refractivity contribution in [3.63, 3.8) is 0 Å². The normalized spacial score (nSPS) is 11.8. The van der Waals surface area contributed by atoms with Crippen LogP contribution in [0.5, 0.6) is 0 Å². The fourth-order valence-corrected chi connectivity index (χ4v) is 4.29. The second-order valence-corrected chi connectivity index (χ2v) is 8.18. The van der Waals surface area contributed by atoms with Crippen LogP contribution in [0.4, 0.5) is 4.39 Å². The second-order valence-electron chi connectivity index (χ2n) is 4.21. The molecule has 0 fully saturated rings. The fourth-order valence-electron chi connectivity index (χ4n) is 1.66. The molecule has 0 atom stereocenters. The molecule has 1 aromatic carbocycles. The molecule has 0 saturated carbocycles. The molecule has 0 bridgehead atoms. The lowest BCUT2D eigenvalue weighted by Gasteiger charge is -2.10. The van der Waals surface area contributed by atoms with Crippen molar-refractivity contribution >= 4 is 37.3 Å². The number of hydrogen-bond donors (Lipinski definition) is 2. The Kier molecular flexibility index (Phi) is 5.10. The smallest absolute Gasteiger partial charge is 0.243 e. The molecule has 2 rings (SSSR count). The molecule has 0 aliphatic carbocycles. The highest BCUT2D eigenvalue weighted by Crippen LogP contribution is 2.24. The molecule has 0 saturated heterocycles. The van der Waals surface area contributed by atoms with Crippen LogP contribution in [-0.2, 0) is 23.2 Å². The van der Waals surface area contributed by atoms with Gasteiger partial charge in [-0.1, -0.05) is 15.9 Å². The van der Waals surface area contributed by atoms with E-state index in [2.05, 4.69) is 25.6 Å². The predicted octanol–water partition coefficient (Wildman–Crippen LogP) is 2.32. The van der Waals surface area contributed by atoms with Crippen LogP contribution in [0.15, 0.2) is 27.7 Å². The highest BCUT2D eigenvalue weighted by molar-refractivity contribution is 9.10. The van der Waals surface area contributed by atoms with Gasteiger partial charge in [0.25, 0.3) is 0 Å². The molecule has 0 aliphatic rings. The number of thiazole rings is 1. The fraction of sp³-hybridized carbons (Fsp3) is 0.250. The molecule has 1 aromatic heterocycles. The molecule has 1 heterocycles. The lowest BCUT2D eigenvalue weighted by molar-refractivity contribution is 0.274. The summed E-state index contributed by atoms with van der Waals surface area (Å²) >= 11 is 4.46. The van der Waals surface area contributed by atoms with E-state index in [1.165, 1.54) is 17.4 Å². The molecule has 2 N–H and O–H groups in total. The van der Waals surface area contributed by atoms with E-state index >= 15 is 0 Å².